The van der Waals surface area contributed by atoms with Gasteiger partial charge in [-0.25, -0.2) is 4.39 Å². The van der Waals surface area contributed by atoms with Gasteiger partial charge in [0.25, 0.3) is 0 Å². The van der Waals surface area contributed by atoms with Crippen LogP contribution in [-0.2, 0) is 6.42 Å². The smallest absolute Gasteiger partial charge is 0.185 e. The van der Waals surface area contributed by atoms with Crippen LogP contribution in [0.25, 0.3) is 11.6 Å². The van der Waals surface area contributed by atoms with E-state index in [2.05, 4.69) is 30.8 Å². The molecule has 3 rings (SSSR count). The first-order valence-electron chi connectivity index (χ1n) is 12.5. The van der Waals surface area contributed by atoms with E-state index in [4.69, 9.17) is 4.74 Å². The van der Waals surface area contributed by atoms with Crippen molar-refractivity contribution in [1.29, 1.82) is 0 Å². The van der Waals surface area contributed by atoms with Gasteiger partial charge in [0.2, 0.25) is 0 Å². The molecule has 0 spiro atoms. The van der Waals surface area contributed by atoms with E-state index in [1.165, 1.54) is 73.6 Å². The van der Waals surface area contributed by atoms with Crippen molar-refractivity contribution in [3.05, 3.63) is 114 Å². The first-order valence-corrected chi connectivity index (χ1v) is 12.5. The zero-order valence-electron chi connectivity index (χ0n) is 20.6. The number of aryl methyl sites for hydroxylation is 1. The highest BCUT2D eigenvalue weighted by Crippen LogP contribution is 2.17. The first-order chi connectivity index (χ1) is 17.0. The molecular formula is C32H35FO2. The van der Waals surface area contributed by atoms with Gasteiger partial charge in [-0.3, -0.25) is 4.79 Å². The van der Waals surface area contributed by atoms with E-state index in [0.717, 1.165) is 29.7 Å². The van der Waals surface area contributed by atoms with Crippen LogP contribution in [-0.4, -0.2) is 12.4 Å². The van der Waals surface area contributed by atoms with E-state index >= 15 is 0 Å². The number of ether oxygens (including phenoxy) is 1. The summed E-state index contributed by atoms with van der Waals surface area (Å²) in [6, 6.07) is 22.0. The Morgan fingerprint density at radius 3 is 2.06 bits per heavy atom. The molecular weight excluding hydrogens is 435 g/mol. The molecule has 0 unspecified atom stereocenters. The van der Waals surface area contributed by atoms with E-state index in [-0.39, 0.29) is 11.6 Å². The fourth-order valence-electron chi connectivity index (χ4n) is 3.84. The third-order valence-electron chi connectivity index (χ3n) is 6.01. The fourth-order valence-corrected chi connectivity index (χ4v) is 3.84. The molecule has 0 aliphatic rings. The number of allylic oxidation sites excluding steroid dienone is 2. The third-order valence-corrected chi connectivity index (χ3v) is 6.01. The minimum absolute atomic E-state index is 0.150. The summed E-state index contributed by atoms with van der Waals surface area (Å²) in [7, 11) is 0. The summed E-state index contributed by atoms with van der Waals surface area (Å²) in [6.45, 7) is 6.74. The van der Waals surface area contributed by atoms with Crippen LogP contribution in [0.5, 0.6) is 5.75 Å². The Morgan fingerprint density at radius 2 is 1.40 bits per heavy atom. The minimum Gasteiger partial charge on any atom is -0.494 e. The van der Waals surface area contributed by atoms with Gasteiger partial charge >= 0.3 is 0 Å². The molecule has 0 aromatic heterocycles. The highest BCUT2D eigenvalue weighted by atomic mass is 19.1. The lowest BCUT2D eigenvalue weighted by Gasteiger charge is -2.07. The van der Waals surface area contributed by atoms with E-state index in [1.54, 1.807) is 6.08 Å². The van der Waals surface area contributed by atoms with Crippen molar-refractivity contribution in [3.8, 4) is 5.75 Å². The zero-order chi connectivity index (χ0) is 24.9. The Morgan fingerprint density at radius 1 is 0.800 bits per heavy atom. The summed E-state index contributed by atoms with van der Waals surface area (Å²) < 4.78 is 18.8. The van der Waals surface area contributed by atoms with E-state index in [1.807, 2.05) is 31.2 Å². The standard InChI is InChI=1S/C32H35FO2/c1-25(2)28-15-10-26(11-16-28)9-7-5-3-4-6-8-24-35-31-21-12-27(13-22-31)14-23-32(34)29-17-19-30(33)20-18-29/h10-23H,1,3-9,24H2,2H3/b23-14+. The fraction of sp³-hybridized carbons (Fsp3) is 0.281. The van der Waals surface area contributed by atoms with Crippen molar-refractivity contribution in [2.45, 2.75) is 51.9 Å². The molecule has 2 nitrogen and oxygen atoms in total. The lowest BCUT2D eigenvalue weighted by atomic mass is 10.0. The molecule has 3 aromatic carbocycles. The molecule has 3 aromatic rings. The average Bonchev–Trinajstić information content (AvgIpc) is 2.87. The predicted molar refractivity (Wildman–Crippen MR) is 144 cm³/mol. The Kier molecular flexibility index (Phi) is 10.5. The van der Waals surface area contributed by atoms with Crippen molar-refractivity contribution in [3.63, 3.8) is 0 Å². The maximum atomic E-state index is 13.0. The molecule has 0 fully saturated rings. The van der Waals surface area contributed by atoms with Crippen LogP contribution in [0.4, 0.5) is 4.39 Å². The van der Waals surface area contributed by atoms with Crippen LogP contribution >= 0.6 is 0 Å². The first kappa shape index (κ1) is 26.2. The largest absolute Gasteiger partial charge is 0.494 e. The predicted octanol–water partition coefficient (Wildman–Crippen LogP) is 8.72. The van der Waals surface area contributed by atoms with Gasteiger partial charge in [0.1, 0.15) is 11.6 Å². The van der Waals surface area contributed by atoms with Gasteiger partial charge in [0.05, 0.1) is 6.61 Å². The van der Waals surface area contributed by atoms with Crippen molar-refractivity contribution >= 4 is 17.4 Å². The van der Waals surface area contributed by atoms with Crippen LogP contribution in [0.1, 0.15) is 72.5 Å². The number of halogens is 1. The van der Waals surface area contributed by atoms with Gasteiger partial charge in [0, 0.05) is 5.56 Å². The quantitative estimate of drug-likeness (QED) is 0.134. The molecule has 3 heteroatoms. The molecule has 0 amide bonds. The highest BCUT2D eigenvalue weighted by molar-refractivity contribution is 6.06. The summed E-state index contributed by atoms with van der Waals surface area (Å²) in [5.74, 6) is 0.338. The summed E-state index contributed by atoms with van der Waals surface area (Å²) in [4.78, 5) is 12.1. The van der Waals surface area contributed by atoms with Crippen molar-refractivity contribution in [1.82, 2.24) is 0 Å². The molecule has 35 heavy (non-hydrogen) atoms. The minimum atomic E-state index is -0.349. The van der Waals surface area contributed by atoms with Gasteiger partial charge in [-0.05, 0) is 85.4 Å². The molecule has 0 radical (unpaired) electrons. The van der Waals surface area contributed by atoms with Crippen LogP contribution in [0.3, 0.4) is 0 Å². The number of unbranched alkanes of at least 4 members (excludes halogenated alkanes) is 5. The molecule has 0 aliphatic carbocycles. The van der Waals surface area contributed by atoms with Crippen molar-refractivity contribution in [2.24, 2.45) is 0 Å². The van der Waals surface area contributed by atoms with Crippen LogP contribution in [0, 0.1) is 5.82 Å². The number of carbonyl (C=O) groups is 1. The normalized spacial score (nSPS) is 11.0. The monoisotopic (exact) mass is 470 g/mol. The lowest BCUT2D eigenvalue weighted by Crippen LogP contribution is -1.97. The maximum Gasteiger partial charge on any atom is 0.185 e. The van der Waals surface area contributed by atoms with Crippen molar-refractivity contribution < 1.29 is 13.9 Å². The Hall–Kier alpha value is -3.46. The maximum absolute atomic E-state index is 13.0. The lowest BCUT2D eigenvalue weighted by molar-refractivity contribution is 0.104. The van der Waals surface area contributed by atoms with Gasteiger partial charge in [-0.15, -0.1) is 0 Å². The molecule has 0 atom stereocenters. The summed E-state index contributed by atoms with van der Waals surface area (Å²) >= 11 is 0. The van der Waals surface area contributed by atoms with Gasteiger partial charge in [-0.1, -0.05) is 80.3 Å². The summed E-state index contributed by atoms with van der Waals surface area (Å²) in [6.07, 6.45) is 11.6. The molecule has 0 bridgehead atoms. The Labute approximate surface area is 209 Å². The summed E-state index contributed by atoms with van der Waals surface area (Å²) in [5.41, 5.74) is 5.13. The number of hydrogen-bond acceptors (Lipinski definition) is 2. The van der Waals surface area contributed by atoms with E-state index in [0.29, 0.717) is 12.2 Å². The molecule has 182 valence electrons. The second-order valence-corrected chi connectivity index (χ2v) is 8.97. The average molecular weight is 471 g/mol. The molecule has 0 aliphatic heterocycles. The Bertz CT molecular complexity index is 1090. The Balaban J connectivity index is 1.25. The van der Waals surface area contributed by atoms with Gasteiger partial charge in [0.15, 0.2) is 5.78 Å². The van der Waals surface area contributed by atoms with E-state index < -0.39 is 0 Å². The van der Waals surface area contributed by atoms with Gasteiger partial charge < -0.3 is 4.74 Å². The zero-order valence-corrected chi connectivity index (χ0v) is 20.6. The number of carbonyl (C=O) groups excluding carboxylic acids is 1. The summed E-state index contributed by atoms with van der Waals surface area (Å²) in [5, 5.41) is 0. The number of ketones is 1. The van der Waals surface area contributed by atoms with Gasteiger partial charge in [-0.2, -0.15) is 0 Å². The highest BCUT2D eigenvalue weighted by Gasteiger charge is 2.02. The second-order valence-electron chi connectivity index (χ2n) is 8.97. The van der Waals surface area contributed by atoms with Crippen LogP contribution in [0.2, 0.25) is 0 Å². The van der Waals surface area contributed by atoms with Crippen molar-refractivity contribution in [2.75, 3.05) is 6.61 Å². The topological polar surface area (TPSA) is 26.3 Å². The molecule has 0 saturated carbocycles. The SMILES string of the molecule is C=C(C)c1ccc(CCCCCCCCOc2ccc(/C=C/C(=O)c3ccc(F)cc3)cc2)cc1. The third kappa shape index (κ3) is 9.36. The molecule has 0 heterocycles. The molecule has 0 saturated heterocycles. The number of rotatable bonds is 14. The number of hydrogen-bond donors (Lipinski definition) is 0. The second kappa shape index (κ2) is 14.1. The van der Waals surface area contributed by atoms with Crippen LogP contribution < -0.4 is 4.74 Å². The molecule has 0 N–H and O–H groups in total. The number of benzene rings is 3. The van der Waals surface area contributed by atoms with Crippen LogP contribution in [0.15, 0.2) is 85.5 Å². The van der Waals surface area contributed by atoms with E-state index in [9.17, 15) is 9.18 Å².